The molecule has 1 aliphatic rings. The third-order valence-electron chi connectivity index (χ3n) is 5.96. The van der Waals surface area contributed by atoms with E-state index in [1.807, 2.05) is 61.5 Å². The van der Waals surface area contributed by atoms with Gasteiger partial charge in [0.2, 0.25) is 0 Å². The highest BCUT2D eigenvalue weighted by Gasteiger charge is 2.42. The number of carbonyl (C=O) groups excluding carboxylic acids is 2. The number of aliphatic hydroxyl groups excluding tert-OH is 1. The fourth-order valence-electron chi connectivity index (χ4n) is 4.06. The molecule has 3 rings (SSSR count). The molecule has 0 saturated heterocycles. The first-order chi connectivity index (χ1) is 15.5. The second-order valence-corrected chi connectivity index (χ2v) is 8.06. The van der Waals surface area contributed by atoms with Gasteiger partial charge in [-0.1, -0.05) is 80.1 Å². The Morgan fingerprint density at radius 1 is 1.06 bits per heavy atom. The molecular formula is C27H32N2O3. The molecule has 1 N–H and O–H groups in total. The van der Waals surface area contributed by atoms with Gasteiger partial charge < -0.3 is 14.9 Å². The molecule has 0 aromatic heterocycles. The van der Waals surface area contributed by atoms with Crippen LogP contribution in [0.25, 0.3) is 6.08 Å². The number of aliphatic hydroxyl groups is 1. The van der Waals surface area contributed by atoms with Crippen LogP contribution >= 0.6 is 0 Å². The van der Waals surface area contributed by atoms with Crippen LogP contribution in [0.4, 0.5) is 0 Å². The normalized spacial score (nSPS) is 16.6. The van der Waals surface area contributed by atoms with Crippen molar-refractivity contribution < 1.29 is 14.7 Å². The second-order valence-electron chi connectivity index (χ2n) is 8.06. The molecule has 32 heavy (non-hydrogen) atoms. The van der Waals surface area contributed by atoms with Gasteiger partial charge in [-0.3, -0.25) is 9.59 Å². The summed E-state index contributed by atoms with van der Waals surface area (Å²) in [6, 6.07) is 16.7. The van der Waals surface area contributed by atoms with Crippen LogP contribution in [-0.2, 0) is 9.59 Å². The summed E-state index contributed by atoms with van der Waals surface area (Å²) in [5, 5.41) is 10.7. The smallest absolute Gasteiger partial charge is 0.290 e. The fraction of sp³-hybridized carbons (Fsp3) is 0.333. The predicted octanol–water partition coefficient (Wildman–Crippen LogP) is 4.70. The van der Waals surface area contributed by atoms with Gasteiger partial charge in [0.15, 0.2) is 11.5 Å². The molecule has 1 amide bonds. The van der Waals surface area contributed by atoms with Crippen LogP contribution in [0.5, 0.6) is 0 Å². The number of amides is 1. The Kier molecular flexibility index (Phi) is 8.01. The summed E-state index contributed by atoms with van der Waals surface area (Å²) >= 11 is 0. The maximum absolute atomic E-state index is 13.2. The van der Waals surface area contributed by atoms with Crippen LogP contribution in [0.1, 0.15) is 43.0 Å². The summed E-state index contributed by atoms with van der Waals surface area (Å²) in [7, 11) is 0. The van der Waals surface area contributed by atoms with E-state index in [9.17, 15) is 14.7 Å². The van der Waals surface area contributed by atoms with Gasteiger partial charge in [-0.2, -0.15) is 0 Å². The van der Waals surface area contributed by atoms with Crippen molar-refractivity contribution >= 4 is 17.8 Å². The molecule has 0 saturated carbocycles. The Morgan fingerprint density at radius 3 is 2.34 bits per heavy atom. The summed E-state index contributed by atoms with van der Waals surface area (Å²) in [6.45, 7) is 9.44. The van der Waals surface area contributed by atoms with Gasteiger partial charge in [0, 0.05) is 6.54 Å². The number of carbonyl (C=O) groups is 2. The first-order valence-electron chi connectivity index (χ1n) is 11.3. The van der Waals surface area contributed by atoms with Crippen LogP contribution in [0, 0.1) is 6.92 Å². The minimum atomic E-state index is -0.590. The number of hydrogen-bond donors (Lipinski definition) is 1. The van der Waals surface area contributed by atoms with Crippen LogP contribution in [-0.4, -0.2) is 52.8 Å². The van der Waals surface area contributed by atoms with E-state index in [0.29, 0.717) is 6.54 Å². The van der Waals surface area contributed by atoms with E-state index in [2.05, 4.69) is 18.7 Å². The van der Waals surface area contributed by atoms with Crippen LogP contribution < -0.4 is 0 Å². The molecule has 2 aromatic carbocycles. The van der Waals surface area contributed by atoms with Crippen LogP contribution in [0.3, 0.4) is 0 Å². The lowest BCUT2D eigenvalue weighted by molar-refractivity contribution is -0.129. The van der Waals surface area contributed by atoms with E-state index in [4.69, 9.17) is 0 Å². The van der Waals surface area contributed by atoms with E-state index in [1.54, 1.807) is 11.0 Å². The third kappa shape index (κ3) is 5.35. The molecule has 0 aliphatic carbocycles. The Hall–Kier alpha value is -3.18. The monoisotopic (exact) mass is 432 g/mol. The van der Waals surface area contributed by atoms with Crippen LogP contribution in [0.15, 0.2) is 72.0 Å². The van der Waals surface area contributed by atoms with Gasteiger partial charge in [-0.15, -0.1) is 0 Å². The van der Waals surface area contributed by atoms with Crippen molar-refractivity contribution in [3.8, 4) is 0 Å². The number of benzene rings is 2. The molecule has 5 nitrogen and oxygen atoms in total. The van der Waals surface area contributed by atoms with Gasteiger partial charge in [-0.05, 0) is 50.2 Å². The van der Waals surface area contributed by atoms with Crippen molar-refractivity contribution in [1.29, 1.82) is 0 Å². The molecule has 1 unspecified atom stereocenters. The molecule has 5 heteroatoms. The highest BCUT2D eigenvalue weighted by Crippen LogP contribution is 2.38. The summed E-state index contributed by atoms with van der Waals surface area (Å²) in [5.74, 6) is -1.27. The number of rotatable bonds is 10. The lowest BCUT2D eigenvalue weighted by Gasteiger charge is -2.28. The quantitative estimate of drug-likeness (QED) is 0.553. The third-order valence-corrected chi connectivity index (χ3v) is 5.96. The maximum atomic E-state index is 13.2. The first-order valence-corrected chi connectivity index (χ1v) is 11.3. The van der Waals surface area contributed by atoms with Gasteiger partial charge in [0.05, 0.1) is 11.6 Å². The largest absolute Gasteiger partial charge is 0.503 e. The van der Waals surface area contributed by atoms with E-state index < -0.39 is 17.7 Å². The van der Waals surface area contributed by atoms with Gasteiger partial charge in [-0.25, -0.2) is 0 Å². The Labute approximate surface area is 190 Å². The summed E-state index contributed by atoms with van der Waals surface area (Å²) in [5.41, 5.74) is 2.95. The van der Waals surface area contributed by atoms with Gasteiger partial charge >= 0.3 is 0 Å². The average Bonchev–Trinajstić information content (AvgIpc) is 3.06. The predicted molar refractivity (Wildman–Crippen MR) is 128 cm³/mol. The number of hydrogen-bond acceptors (Lipinski definition) is 4. The first kappa shape index (κ1) is 23.5. The van der Waals surface area contributed by atoms with E-state index >= 15 is 0 Å². The fourth-order valence-corrected chi connectivity index (χ4v) is 4.06. The standard InChI is InChI=1S/C27H32N2O3/c1-4-28(5-2)18-9-19-29-25(22-15-12-20(3)13-16-22)24(26(31)27(29)32)23(30)17-14-21-10-7-6-8-11-21/h6-8,10-17,25,31H,4-5,9,18-19H2,1-3H3/b17-14+. The van der Waals surface area contributed by atoms with E-state index in [0.717, 1.165) is 42.7 Å². The second kappa shape index (κ2) is 10.9. The highest BCUT2D eigenvalue weighted by atomic mass is 16.3. The van der Waals surface area contributed by atoms with Crippen LogP contribution in [0.2, 0.25) is 0 Å². The zero-order valence-corrected chi connectivity index (χ0v) is 19.1. The van der Waals surface area contributed by atoms with Crippen molar-refractivity contribution in [3.63, 3.8) is 0 Å². The number of aryl methyl sites for hydroxylation is 1. The minimum Gasteiger partial charge on any atom is -0.503 e. The molecule has 0 spiro atoms. The number of nitrogens with zero attached hydrogens (tertiary/aromatic N) is 2. The molecule has 1 aliphatic heterocycles. The molecule has 0 bridgehead atoms. The van der Waals surface area contributed by atoms with E-state index in [1.165, 1.54) is 6.08 Å². The topological polar surface area (TPSA) is 60.9 Å². The zero-order chi connectivity index (χ0) is 23.1. The van der Waals surface area contributed by atoms with Crippen molar-refractivity contribution in [2.45, 2.75) is 33.2 Å². The lowest BCUT2D eigenvalue weighted by atomic mass is 9.95. The molecule has 1 atom stereocenters. The average molecular weight is 433 g/mol. The lowest BCUT2D eigenvalue weighted by Crippen LogP contribution is -2.34. The summed E-state index contributed by atoms with van der Waals surface area (Å²) < 4.78 is 0. The van der Waals surface area contributed by atoms with E-state index in [-0.39, 0.29) is 11.4 Å². The molecule has 2 aromatic rings. The molecule has 168 valence electrons. The van der Waals surface area contributed by atoms with Gasteiger partial charge in [0.1, 0.15) is 0 Å². The van der Waals surface area contributed by atoms with Crippen molar-refractivity contribution in [2.24, 2.45) is 0 Å². The highest BCUT2D eigenvalue weighted by molar-refractivity contribution is 6.14. The van der Waals surface area contributed by atoms with Crippen molar-refractivity contribution in [2.75, 3.05) is 26.2 Å². The molecule has 1 heterocycles. The SMILES string of the molecule is CCN(CC)CCCN1C(=O)C(O)=C(C(=O)/C=C/c2ccccc2)C1c1ccc(C)cc1. The van der Waals surface area contributed by atoms with Crippen molar-refractivity contribution in [3.05, 3.63) is 88.7 Å². The Morgan fingerprint density at radius 2 is 1.72 bits per heavy atom. The molecule has 0 radical (unpaired) electrons. The number of ketones is 1. The zero-order valence-electron chi connectivity index (χ0n) is 19.1. The van der Waals surface area contributed by atoms with Gasteiger partial charge in [0.25, 0.3) is 5.91 Å². The number of allylic oxidation sites excluding steroid dienone is 1. The minimum absolute atomic E-state index is 0.147. The summed E-state index contributed by atoms with van der Waals surface area (Å²) in [4.78, 5) is 30.1. The summed E-state index contributed by atoms with van der Waals surface area (Å²) in [6.07, 6.45) is 3.92. The maximum Gasteiger partial charge on any atom is 0.290 e. The molecular weight excluding hydrogens is 400 g/mol. The Bertz CT molecular complexity index is 989. The molecule has 0 fully saturated rings. The van der Waals surface area contributed by atoms with Crippen molar-refractivity contribution in [1.82, 2.24) is 9.80 Å². The Balaban J connectivity index is 1.89.